The molecule has 0 saturated carbocycles. The lowest BCUT2D eigenvalue weighted by molar-refractivity contribution is -0.123. The van der Waals surface area contributed by atoms with Crippen LogP contribution in [0, 0.1) is 0 Å². The van der Waals surface area contributed by atoms with Crippen molar-refractivity contribution < 1.29 is 4.79 Å². The van der Waals surface area contributed by atoms with Crippen LogP contribution in [0.5, 0.6) is 0 Å². The third-order valence-electron chi connectivity index (χ3n) is 1.53. The number of carbonyl (C=O) groups excluding carboxylic acids is 1. The third-order valence-corrected chi connectivity index (χ3v) is 1.53. The summed E-state index contributed by atoms with van der Waals surface area (Å²) < 4.78 is 0. The number of rotatable bonds is 5. The van der Waals surface area contributed by atoms with Crippen LogP contribution in [0.4, 0.5) is 0 Å². The Morgan fingerprint density at radius 1 is 1.38 bits per heavy atom. The SMILES string of the molecule is C=C(C)CNC(C)C(=O)NC(C)C. The van der Waals surface area contributed by atoms with Crippen LogP contribution in [0.15, 0.2) is 12.2 Å². The highest BCUT2D eigenvalue weighted by Gasteiger charge is 2.11. The molecule has 13 heavy (non-hydrogen) atoms. The Kier molecular flexibility index (Phi) is 5.39. The summed E-state index contributed by atoms with van der Waals surface area (Å²) in [6.45, 7) is 12.1. The third kappa shape index (κ3) is 6.34. The van der Waals surface area contributed by atoms with Gasteiger partial charge in [-0.1, -0.05) is 12.2 Å². The van der Waals surface area contributed by atoms with E-state index in [-0.39, 0.29) is 18.0 Å². The average Bonchev–Trinajstić information content (AvgIpc) is 1.98. The first-order valence-corrected chi connectivity index (χ1v) is 4.61. The van der Waals surface area contributed by atoms with Crippen molar-refractivity contribution in [2.45, 2.75) is 39.8 Å². The van der Waals surface area contributed by atoms with Crippen LogP contribution in [0.3, 0.4) is 0 Å². The van der Waals surface area contributed by atoms with Crippen LogP contribution in [0.1, 0.15) is 27.7 Å². The summed E-state index contributed by atoms with van der Waals surface area (Å²) in [4.78, 5) is 11.4. The first kappa shape index (κ1) is 12.2. The molecule has 0 aromatic rings. The molecule has 0 aromatic carbocycles. The minimum absolute atomic E-state index is 0.0382. The van der Waals surface area contributed by atoms with Gasteiger partial charge in [-0.15, -0.1) is 0 Å². The molecular formula is C10H20N2O. The number of hydrogen-bond acceptors (Lipinski definition) is 2. The van der Waals surface area contributed by atoms with E-state index in [9.17, 15) is 4.79 Å². The maximum Gasteiger partial charge on any atom is 0.237 e. The Labute approximate surface area is 80.6 Å². The molecule has 0 aromatic heterocycles. The normalized spacial score (nSPS) is 12.7. The number of nitrogens with one attached hydrogen (secondary N) is 2. The average molecular weight is 184 g/mol. The van der Waals surface area contributed by atoms with Crippen molar-refractivity contribution in [2.75, 3.05) is 6.54 Å². The molecule has 3 nitrogen and oxygen atoms in total. The largest absolute Gasteiger partial charge is 0.353 e. The fraction of sp³-hybridized carbons (Fsp3) is 0.700. The van der Waals surface area contributed by atoms with Crippen LogP contribution in [0.25, 0.3) is 0 Å². The van der Waals surface area contributed by atoms with E-state index in [1.165, 1.54) is 0 Å². The number of carbonyl (C=O) groups is 1. The molecule has 0 spiro atoms. The summed E-state index contributed by atoms with van der Waals surface area (Å²) in [5.41, 5.74) is 1.03. The van der Waals surface area contributed by atoms with Gasteiger partial charge in [0.2, 0.25) is 5.91 Å². The number of hydrogen-bond donors (Lipinski definition) is 2. The van der Waals surface area contributed by atoms with Crippen molar-refractivity contribution in [3.05, 3.63) is 12.2 Å². The fourth-order valence-electron chi connectivity index (χ4n) is 0.830. The van der Waals surface area contributed by atoms with Crippen molar-refractivity contribution in [1.82, 2.24) is 10.6 Å². The highest BCUT2D eigenvalue weighted by atomic mass is 16.2. The Bertz CT molecular complexity index is 187. The predicted octanol–water partition coefficient (Wildman–Crippen LogP) is 1.07. The molecule has 1 atom stereocenters. The molecular weight excluding hydrogens is 164 g/mol. The second-order valence-corrected chi connectivity index (χ2v) is 3.72. The van der Waals surface area contributed by atoms with Crippen LogP contribution >= 0.6 is 0 Å². The van der Waals surface area contributed by atoms with Gasteiger partial charge >= 0.3 is 0 Å². The van der Waals surface area contributed by atoms with Crippen molar-refractivity contribution in [3.63, 3.8) is 0 Å². The second kappa shape index (κ2) is 5.75. The summed E-state index contributed by atoms with van der Waals surface area (Å²) in [6, 6.07) is 0.0423. The van der Waals surface area contributed by atoms with E-state index in [0.717, 1.165) is 5.57 Å². The molecule has 3 heteroatoms. The van der Waals surface area contributed by atoms with Gasteiger partial charge in [-0.05, 0) is 27.7 Å². The predicted molar refractivity (Wildman–Crippen MR) is 55.6 cm³/mol. The lowest BCUT2D eigenvalue weighted by Crippen LogP contribution is -2.45. The zero-order valence-electron chi connectivity index (χ0n) is 8.98. The van der Waals surface area contributed by atoms with Gasteiger partial charge in [-0.3, -0.25) is 4.79 Å². The van der Waals surface area contributed by atoms with Gasteiger partial charge in [0.25, 0.3) is 0 Å². The first-order valence-electron chi connectivity index (χ1n) is 4.61. The lowest BCUT2D eigenvalue weighted by Gasteiger charge is -2.15. The standard InChI is InChI=1S/C10H20N2O/c1-7(2)6-11-9(5)10(13)12-8(3)4/h8-9,11H,1,6H2,2-5H3,(H,12,13). The Morgan fingerprint density at radius 2 is 1.92 bits per heavy atom. The van der Waals surface area contributed by atoms with Crippen LogP contribution in [-0.4, -0.2) is 24.5 Å². The van der Waals surface area contributed by atoms with E-state index >= 15 is 0 Å². The molecule has 0 radical (unpaired) electrons. The Morgan fingerprint density at radius 3 is 2.31 bits per heavy atom. The molecule has 0 rings (SSSR count). The molecule has 0 heterocycles. The lowest BCUT2D eigenvalue weighted by atomic mass is 10.2. The van der Waals surface area contributed by atoms with Gasteiger partial charge in [-0.2, -0.15) is 0 Å². The van der Waals surface area contributed by atoms with Crippen molar-refractivity contribution >= 4 is 5.91 Å². The van der Waals surface area contributed by atoms with Gasteiger partial charge in [0.1, 0.15) is 0 Å². The minimum atomic E-state index is -0.154. The van der Waals surface area contributed by atoms with E-state index in [4.69, 9.17) is 0 Å². The highest BCUT2D eigenvalue weighted by Crippen LogP contribution is 1.88. The number of amides is 1. The topological polar surface area (TPSA) is 41.1 Å². The fourth-order valence-corrected chi connectivity index (χ4v) is 0.830. The molecule has 0 bridgehead atoms. The summed E-state index contributed by atoms with van der Waals surface area (Å²) >= 11 is 0. The zero-order chi connectivity index (χ0) is 10.4. The molecule has 1 unspecified atom stereocenters. The summed E-state index contributed by atoms with van der Waals surface area (Å²) in [6.07, 6.45) is 0. The second-order valence-electron chi connectivity index (χ2n) is 3.72. The Hall–Kier alpha value is -0.830. The van der Waals surface area contributed by atoms with Gasteiger partial charge in [0.15, 0.2) is 0 Å². The van der Waals surface area contributed by atoms with Crippen LogP contribution < -0.4 is 10.6 Å². The van der Waals surface area contributed by atoms with Crippen LogP contribution in [-0.2, 0) is 4.79 Å². The first-order chi connectivity index (χ1) is 5.93. The minimum Gasteiger partial charge on any atom is -0.353 e. The van der Waals surface area contributed by atoms with Crippen molar-refractivity contribution in [3.8, 4) is 0 Å². The smallest absolute Gasteiger partial charge is 0.237 e. The van der Waals surface area contributed by atoms with E-state index < -0.39 is 0 Å². The molecule has 0 fully saturated rings. The maximum atomic E-state index is 11.4. The molecule has 0 aliphatic rings. The van der Waals surface area contributed by atoms with Crippen molar-refractivity contribution in [1.29, 1.82) is 0 Å². The Balaban J connectivity index is 3.76. The summed E-state index contributed by atoms with van der Waals surface area (Å²) in [7, 11) is 0. The van der Waals surface area contributed by atoms with E-state index in [0.29, 0.717) is 6.54 Å². The molecule has 1 amide bonds. The molecule has 0 aliphatic heterocycles. The van der Waals surface area contributed by atoms with Crippen LogP contribution in [0.2, 0.25) is 0 Å². The van der Waals surface area contributed by atoms with Crippen molar-refractivity contribution in [2.24, 2.45) is 0 Å². The zero-order valence-corrected chi connectivity index (χ0v) is 8.98. The van der Waals surface area contributed by atoms with E-state index in [1.807, 2.05) is 27.7 Å². The molecule has 2 N–H and O–H groups in total. The summed E-state index contributed by atoms with van der Waals surface area (Å²) in [5.74, 6) is 0.0382. The van der Waals surface area contributed by atoms with E-state index in [1.54, 1.807) is 0 Å². The monoisotopic (exact) mass is 184 g/mol. The molecule has 0 aliphatic carbocycles. The maximum absolute atomic E-state index is 11.4. The van der Waals surface area contributed by atoms with Gasteiger partial charge in [0, 0.05) is 12.6 Å². The highest BCUT2D eigenvalue weighted by molar-refractivity contribution is 5.81. The quantitative estimate of drug-likeness (QED) is 0.627. The van der Waals surface area contributed by atoms with E-state index in [2.05, 4.69) is 17.2 Å². The summed E-state index contributed by atoms with van der Waals surface area (Å²) in [5, 5.41) is 5.91. The van der Waals surface area contributed by atoms with Gasteiger partial charge in [-0.25, -0.2) is 0 Å². The van der Waals surface area contributed by atoms with Gasteiger partial charge < -0.3 is 10.6 Å². The van der Waals surface area contributed by atoms with Gasteiger partial charge in [0.05, 0.1) is 6.04 Å². The molecule has 0 saturated heterocycles. The molecule has 76 valence electrons.